The Kier molecular flexibility index (Phi) is 5.80. The highest BCUT2D eigenvalue weighted by atomic mass is 35.5. The molecule has 0 fully saturated rings. The van der Waals surface area contributed by atoms with E-state index < -0.39 is 0 Å². The Bertz CT molecular complexity index is 717. The van der Waals surface area contributed by atoms with E-state index in [1.165, 1.54) is 0 Å². The molecule has 1 aromatic carbocycles. The predicted octanol–water partition coefficient (Wildman–Crippen LogP) is 4.32. The number of halogens is 2. The number of nitrogens with zero attached hydrogens (tertiary/aromatic N) is 3. The van der Waals surface area contributed by atoms with E-state index in [-0.39, 0.29) is 5.91 Å². The lowest BCUT2D eigenvalue weighted by molar-refractivity contribution is 0.0767. The van der Waals surface area contributed by atoms with Gasteiger partial charge < -0.3 is 10.2 Å². The first-order valence-corrected chi connectivity index (χ1v) is 8.07. The van der Waals surface area contributed by atoms with Crippen LogP contribution >= 0.6 is 23.2 Å². The minimum absolute atomic E-state index is 0.120. The molecule has 2 aromatic rings. The van der Waals surface area contributed by atoms with Crippen molar-refractivity contribution in [3.05, 3.63) is 45.7 Å². The van der Waals surface area contributed by atoms with Crippen molar-refractivity contribution in [3.63, 3.8) is 0 Å². The van der Waals surface area contributed by atoms with Gasteiger partial charge in [0, 0.05) is 23.8 Å². The van der Waals surface area contributed by atoms with Crippen LogP contribution in [0, 0.1) is 6.92 Å². The minimum Gasteiger partial charge on any atom is -0.338 e. The van der Waals surface area contributed by atoms with Crippen molar-refractivity contribution >= 4 is 40.7 Å². The fourth-order valence-electron chi connectivity index (χ4n) is 2.12. The molecule has 5 nitrogen and oxygen atoms in total. The van der Waals surface area contributed by atoms with E-state index >= 15 is 0 Å². The number of carbonyl (C=O) groups is 1. The number of hydrogen-bond acceptors (Lipinski definition) is 4. The van der Waals surface area contributed by atoms with Gasteiger partial charge in [-0.1, -0.05) is 23.2 Å². The normalized spacial score (nSPS) is 10.5. The van der Waals surface area contributed by atoms with Crippen LogP contribution in [0.15, 0.2) is 24.3 Å². The van der Waals surface area contributed by atoms with Crippen LogP contribution in [-0.4, -0.2) is 33.9 Å². The van der Waals surface area contributed by atoms with Crippen LogP contribution in [0.3, 0.4) is 0 Å². The summed E-state index contributed by atoms with van der Waals surface area (Å²) in [5, 5.41) is 4.03. The third kappa shape index (κ3) is 4.33. The number of nitrogens with one attached hydrogen (secondary N) is 1. The molecule has 0 spiro atoms. The molecule has 0 unspecified atom stereocenters. The summed E-state index contributed by atoms with van der Waals surface area (Å²) in [4.78, 5) is 22.8. The van der Waals surface area contributed by atoms with E-state index in [0.717, 1.165) is 0 Å². The summed E-state index contributed by atoms with van der Waals surface area (Å²) in [6.45, 7) is 6.94. The molecular formula is C16H18Cl2N4O. The lowest BCUT2D eigenvalue weighted by Gasteiger charge is -2.18. The van der Waals surface area contributed by atoms with Gasteiger partial charge in [0.15, 0.2) is 0 Å². The van der Waals surface area contributed by atoms with Crippen molar-refractivity contribution in [2.45, 2.75) is 20.8 Å². The van der Waals surface area contributed by atoms with Gasteiger partial charge in [0.25, 0.3) is 5.91 Å². The van der Waals surface area contributed by atoms with Gasteiger partial charge >= 0.3 is 0 Å². The molecule has 1 amide bonds. The SMILES string of the molecule is CCN(CC)C(=O)c1cc(C)nc(Nc2ccc(Cl)cc2Cl)n1. The minimum atomic E-state index is -0.120. The number of benzene rings is 1. The first-order chi connectivity index (χ1) is 10.9. The van der Waals surface area contributed by atoms with Crippen molar-refractivity contribution in [1.29, 1.82) is 0 Å². The Morgan fingerprint density at radius 3 is 2.48 bits per heavy atom. The van der Waals surface area contributed by atoms with Crippen molar-refractivity contribution < 1.29 is 4.79 Å². The lowest BCUT2D eigenvalue weighted by atomic mass is 10.3. The standard InChI is InChI=1S/C16H18Cl2N4O/c1-4-22(5-2)15(23)14-8-10(3)19-16(21-14)20-13-7-6-11(17)9-12(13)18/h6-9H,4-5H2,1-3H3,(H,19,20,21). The van der Waals surface area contributed by atoms with Crippen molar-refractivity contribution in [2.75, 3.05) is 18.4 Å². The average molecular weight is 353 g/mol. The number of amides is 1. The van der Waals surface area contributed by atoms with Crippen LogP contribution in [0.5, 0.6) is 0 Å². The van der Waals surface area contributed by atoms with Gasteiger partial charge in [-0.2, -0.15) is 0 Å². The topological polar surface area (TPSA) is 58.1 Å². The second-order valence-electron chi connectivity index (χ2n) is 4.94. The summed E-state index contributed by atoms with van der Waals surface area (Å²) in [6, 6.07) is 6.76. The average Bonchev–Trinajstić information content (AvgIpc) is 2.50. The zero-order valence-corrected chi connectivity index (χ0v) is 14.7. The second kappa shape index (κ2) is 7.62. The summed E-state index contributed by atoms with van der Waals surface area (Å²) in [5.41, 5.74) is 1.68. The molecule has 0 atom stereocenters. The van der Waals surface area contributed by atoms with E-state index in [1.54, 1.807) is 29.2 Å². The predicted molar refractivity (Wildman–Crippen MR) is 93.8 cm³/mol. The molecule has 0 saturated heterocycles. The quantitative estimate of drug-likeness (QED) is 0.870. The van der Waals surface area contributed by atoms with Crippen molar-refractivity contribution in [1.82, 2.24) is 14.9 Å². The van der Waals surface area contributed by atoms with Crippen LogP contribution in [0.4, 0.5) is 11.6 Å². The Morgan fingerprint density at radius 1 is 1.17 bits per heavy atom. The van der Waals surface area contributed by atoms with E-state index in [4.69, 9.17) is 23.2 Å². The van der Waals surface area contributed by atoms with Gasteiger partial charge in [0.05, 0.1) is 10.7 Å². The summed E-state index contributed by atoms with van der Waals surface area (Å²) >= 11 is 12.0. The first kappa shape index (κ1) is 17.5. The van der Waals surface area contributed by atoms with E-state index in [9.17, 15) is 4.79 Å². The zero-order chi connectivity index (χ0) is 17.0. The fourth-order valence-corrected chi connectivity index (χ4v) is 2.57. The Balaban J connectivity index is 2.32. The molecule has 0 aliphatic carbocycles. The molecule has 1 heterocycles. The van der Waals surface area contributed by atoms with Crippen LogP contribution in [0.1, 0.15) is 30.0 Å². The number of rotatable bonds is 5. The number of hydrogen-bond donors (Lipinski definition) is 1. The molecule has 0 radical (unpaired) electrons. The van der Waals surface area contributed by atoms with E-state index in [2.05, 4.69) is 15.3 Å². The highest BCUT2D eigenvalue weighted by molar-refractivity contribution is 6.36. The summed E-state index contributed by atoms with van der Waals surface area (Å²) in [7, 11) is 0. The Labute approximate surface area is 145 Å². The van der Waals surface area contributed by atoms with Crippen LogP contribution in [0.25, 0.3) is 0 Å². The maximum absolute atomic E-state index is 12.4. The third-order valence-electron chi connectivity index (χ3n) is 3.30. The second-order valence-corrected chi connectivity index (χ2v) is 5.79. The van der Waals surface area contributed by atoms with Crippen LogP contribution in [0.2, 0.25) is 10.0 Å². The van der Waals surface area contributed by atoms with Gasteiger partial charge in [-0.25, -0.2) is 9.97 Å². The molecule has 122 valence electrons. The number of carbonyl (C=O) groups excluding carboxylic acids is 1. The van der Waals surface area contributed by atoms with Gasteiger partial charge in [-0.15, -0.1) is 0 Å². The Hall–Kier alpha value is -1.85. The smallest absolute Gasteiger partial charge is 0.272 e. The summed E-state index contributed by atoms with van der Waals surface area (Å²) < 4.78 is 0. The summed E-state index contributed by atoms with van der Waals surface area (Å²) in [6.07, 6.45) is 0. The molecule has 7 heteroatoms. The van der Waals surface area contributed by atoms with Gasteiger partial charge in [0.1, 0.15) is 5.69 Å². The lowest BCUT2D eigenvalue weighted by Crippen LogP contribution is -2.31. The molecule has 1 aromatic heterocycles. The monoisotopic (exact) mass is 352 g/mol. The molecule has 0 aliphatic heterocycles. The van der Waals surface area contributed by atoms with E-state index in [0.29, 0.717) is 46.2 Å². The van der Waals surface area contributed by atoms with Gasteiger partial charge in [-0.3, -0.25) is 4.79 Å². The largest absolute Gasteiger partial charge is 0.338 e. The number of aromatic nitrogens is 2. The number of anilines is 2. The summed E-state index contributed by atoms with van der Waals surface area (Å²) in [5.74, 6) is 0.204. The highest BCUT2D eigenvalue weighted by Gasteiger charge is 2.16. The molecule has 1 N–H and O–H groups in total. The van der Waals surface area contributed by atoms with Crippen molar-refractivity contribution in [2.24, 2.45) is 0 Å². The van der Waals surface area contributed by atoms with Gasteiger partial charge in [-0.05, 0) is 45.0 Å². The number of aryl methyl sites for hydroxylation is 1. The zero-order valence-electron chi connectivity index (χ0n) is 13.2. The molecule has 2 rings (SSSR count). The van der Waals surface area contributed by atoms with Crippen molar-refractivity contribution in [3.8, 4) is 0 Å². The molecule has 0 bridgehead atoms. The molecule has 23 heavy (non-hydrogen) atoms. The van der Waals surface area contributed by atoms with Gasteiger partial charge in [0.2, 0.25) is 5.95 Å². The first-order valence-electron chi connectivity index (χ1n) is 7.31. The maximum Gasteiger partial charge on any atom is 0.272 e. The molecular weight excluding hydrogens is 335 g/mol. The fraction of sp³-hybridized carbons (Fsp3) is 0.312. The highest BCUT2D eigenvalue weighted by Crippen LogP contribution is 2.27. The maximum atomic E-state index is 12.4. The van der Waals surface area contributed by atoms with Crippen LogP contribution in [-0.2, 0) is 0 Å². The third-order valence-corrected chi connectivity index (χ3v) is 3.85. The molecule has 0 saturated carbocycles. The van der Waals surface area contributed by atoms with Crippen LogP contribution < -0.4 is 5.32 Å². The molecule has 0 aliphatic rings. The Morgan fingerprint density at radius 2 is 1.87 bits per heavy atom. The van der Waals surface area contributed by atoms with E-state index in [1.807, 2.05) is 20.8 Å².